The van der Waals surface area contributed by atoms with Gasteiger partial charge in [-0.25, -0.2) is 8.42 Å². The molecule has 5 rings (SSSR count). The number of amides is 2. The molecule has 3 aliphatic heterocycles. The van der Waals surface area contributed by atoms with Crippen molar-refractivity contribution in [1.29, 1.82) is 0 Å². The fraction of sp³-hybridized carbons (Fsp3) is 0.393. The SMILES string of the molecule is Cc1cc(N2C(=O)CCC2CO)ccc1C=CS(=O)(=O)N1CCC2(CC1)N=C(c1cccc(C(F)(F)F)c1)NC2=O. The Hall–Kier alpha value is -3.55. The summed E-state index contributed by atoms with van der Waals surface area (Å²) < 4.78 is 66.8. The van der Waals surface area contributed by atoms with Gasteiger partial charge in [-0.15, -0.1) is 0 Å². The number of carbonyl (C=O) groups is 2. The molecule has 0 bridgehead atoms. The van der Waals surface area contributed by atoms with Gasteiger partial charge in [-0.3, -0.25) is 14.6 Å². The van der Waals surface area contributed by atoms with Crippen molar-refractivity contribution in [2.45, 2.75) is 50.4 Å². The zero-order chi connectivity index (χ0) is 29.6. The number of amidine groups is 1. The van der Waals surface area contributed by atoms with E-state index in [-0.39, 0.29) is 55.9 Å². The van der Waals surface area contributed by atoms with E-state index < -0.39 is 33.2 Å². The van der Waals surface area contributed by atoms with E-state index in [4.69, 9.17) is 0 Å². The number of nitrogens with one attached hydrogen (secondary N) is 1. The summed E-state index contributed by atoms with van der Waals surface area (Å²) in [6.45, 7) is 1.68. The molecule has 0 aromatic heterocycles. The van der Waals surface area contributed by atoms with Crippen molar-refractivity contribution < 1.29 is 36.3 Å². The zero-order valence-corrected chi connectivity index (χ0v) is 23.0. The van der Waals surface area contributed by atoms with Crippen LogP contribution < -0.4 is 10.2 Å². The van der Waals surface area contributed by atoms with E-state index in [2.05, 4.69) is 10.3 Å². The summed E-state index contributed by atoms with van der Waals surface area (Å²) in [6, 6.07) is 9.46. The third-order valence-electron chi connectivity index (χ3n) is 7.84. The minimum Gasteiger partial charge on any atom is -0.394 e. The van der Waals surface area contributed by atoms with E-state index in [0.29, 0.717) is 24.1 Å². The first kappa shape index (κ1) is 29.0. The zero-order valence-electron chi connectivity index (χ0n) is 22.2. The lowest BCUT2D eigenvalue weighted by molar-refractivity contribution is -0.137. The molecule has 218 valence electrons. The van der Waals surface area contributed by atoms with Crippen LogP contribution in [0.1, 0.15) is 47.9 Å². The van der Waals surface area contributed by atoms with Gasteiger partial charge in [0.25, 0.3) is 5.91 Å². The molecular weight excluding hydrogens is 561 g/mol. The molecule has 2 aromatic carbocycles. The Labute approximate surface area is 235 Å². The van der Waals surface area contributed by atoms with Crippen LogP contribution in [0.4, 0.5) is 18.9 Å². The second-order valence-electron chi connectivity index (χ2n) is 10.5. The van der Waals surface area contributed by atoms with Gasteiger partial charge in [-0.2, -0.15) is 17.5 Å². The molecule has 0 aliphatic carbocycles. The lowest BCUT2D eigenvalue weighted by Crippen LogP contribution is -2.50. The number of piperidine rings is 1. The number of aryl methyl sites for hydroxylation is 1. The number of aliphatic hydroxyl groups excluding tert-OH is 1. The third kappa shape index (κ3) is 5.66. The number of hydrogen-bond donors (Lipinski definition) is 2. The molecule has 2 saturated heterocycles. The highest BCUT2D eigenvalue weighted by atomic mass is 32.2. The molecule has 2 N–H and O–H groups in total. The smallest absolute Gasteiger partial charge is 0.394 e. The third-order valence-corrected chi connectivity index (χ3v) is 9.41. The Morgan fingerprint density at radius 2 is 1.88 bits per heavy atom. The monoisotopic (exact) mass is 590 g/mol. The van der Waals surface area contributed by atoms with Crippen molar-refractivity contribution in [3.8, 4) is 0 Å². The Morgan fingerprint density at radius 3 is 2.54 bits per heavy atom. The van der Waals surface area contributed by atoms with Gasteiger partial charge in [0.1, 0.15) is 11.4 Å². The Bertz CT molecular complexity index is 1550. The minimum atomic E-state index is -4.54. The van der Waals surface area contributed by atoms with Crippen LogP contribution >= 0.6 is 0 Å². The van der Waals surface area contributed by atoms with Gasteiger partial charge in [-0.1, -0.05) is 18.2 Å². The Kier molecular flexibility index (Phi) is 7.55. The van der Waals surface area contributed by atoms with Gasteiger partial charge >= 0.3 is 6.18 Å². The maximum absolute atomic E-state index is 13.1. The molecule has 0 radical (unpaired) electrons. The van der Waals surface area contributed by atoms with E-state index in [1.807, 2.05) is 0 Å². The second-order valence-corrected chi connectivity index (χ2v) is 12.3. The van der Waals surface area contributed by atoms with Crippen LogP contribution in [0.25, 0.3) is 6.08 Å². The number of carbonyl (C=O) groups excluding carboxylic acids is 2. The van der Waals surface area contributed by atoms with Gasteiger partial charge in [-0.05, 0) is 67.7 Å². The number of aliphatic imine (C=N–C) groups is 1. The molecule has 3 heterocycles. The largest absolute Gasteiger partial charge is 0.416 e. The van der Waals surface area contributed by atoms with Gasteiger partial charge in [0.05, 0.1) is 18.2 Å². The Morgan fingerprint density at radius 1 is 1.15 bits per heavy atom. The van der Waals surface area contributed by atoms with Gasteiger partial charge < -0.3 is 15.3 Å². The lowest BCUT2D eigenvalue weighted by atomic mass is 9.89. The summed E-state index contributed by atoms with van der Waals surface area (Å²) in [5.74, 6) is -0.496. The van der Waals surface area contributed by atoms with Crippen molar-refractivity contribution in [3.63, 3.8) is 0 Å². The molecule has 13 heteroatoms. The normalized spacial score (nSPS) is 21.6. The summed E-state index contributed by atoms with van der Waals surface area (Å²) in [5.41, 5.74) is 0.0658. The molecule has 1 spiro atoms. The molecule has 3 aliphatic rings. The maximum Gasteiger partial charge on any atom is 0.416 e. The van der Waals surface area contributed by atoms with E-state index in [9.17, 15) is 36.3 Å². The number of rotatable bonds is 6. The Balaban J connectivity index is 1.27. The van der Waals surface area contributed by atoms with Crippen LogP contribution in [0.2, 0.25) is 0 Å². The van der Waals surface area contributed by atoms with E-state index in [1.54, 1.807) is 30.0 Å². The number of hydrogen-bond acceptors (Lipinski definition) is 6. The number of benzene rings is 2. The number of anilines is 1. The summed E-state index contributed by atoms with van der Waals surface area (Å²) >= 11 is 0. The molecule has 1 atom stereocenters. The number of nitrogens with zero attached hydrogens (tertiary/aromatic N) is 3. The summed E-state index contributed by atoms with van der Waals surface area (Å²) in [4.78, 5) is 31.1. The van der Waals surface area contributed by atoms with Crippen LogP contribution in [0.15, 0.2) is 52.9 Å². The average molecular weight is 591 g/mol. The molecule has 0 saturated carbocycles. The van der Waals surface area contributed by atoms with Crippen molar-refractivity contribution >= 4 is 39.4 Å². The van der Waals surface area contributed by atoms with Gasteiger partial charge in [0, 0.05) is 36.2 Å². The first-order valence-corrected chi connectivity index (χ1v) is 14.6. The molecule has 2 aromatic rings. The van der Waals surface area contributed by atoms with Gasteiger partial charge in [0.15, 0.2) is 0 Å². The molecule has 2 amide bonds. The van der Waals surface area contributed by atoms with Crippen molar-refractivity contribution in [2.75, 3.05) is 24.6 Å². The van der Waals surface area contributed by atoms with Crippen LogP contribution in [0.3, 0.4) is 0 Å². The summed E-state index contributed by atoms with van der Waals surface area (Å²) in [6.07, 6.45) is -1.97. The highest BCUT2D eigenvalue weighted by molar-refractivity contribution is 7.92. The maximum atomic E-state index is 13.1. The lowest BCUT2D eigenvalue weighted by Gasteiger charge is -2.34. The fourth-order valence-electron chi connectivity index (χ4n) is 5.46. The number of aliphatic hydroxyl groups is 1. The summed E-state index contributed by atoms with van der Waals surface area (Å²) in [7, 11) is -3.85. The fourth-order valence-corrected chi connectivity index (χ4v) is 6.64. The van der Waals surface area contributed by atoms with Crippen LogP contribution in [0, 0.1) is 6.92 Å². The van der Waals surface area contributed by atoms with Crippen LogP contribution in [0.5, 0.6) is 0 Å². The first-order chi connectivity index (χ1) is 19.3. The van der Waals surface area contributed by atoms with Crippen molar-refractivity contribution in [2.24, 2.45) is 4.99 Å². The standard InChI is InChI=1S/C28H29F3N4O5S/c1-18-15-22(35-23(17-36)7-8-24(35)37)6-5-19(18)9-14-41(39,40)34-12-10-27(11-13-34)26(38)32-25(33-27)20-3-2-4-21(16-20)28(29,30)31/h2-6,9,14-16,23,36H,7-8,10-13,17H2,1H3,(H,32,33,38). The highest BCUT2D eigenvalue weighted by Gasteiger charge is 2.47. The highest BCUT2D eigenvalue weighted by Crippen LogP contribution is 2.34. The van der Waals surface area contributed by atoms with E-state index in [1.165, 1.54) is 22.5 Å². The topological polar surface area (TPSA) is 119 Å². The van der Waals surface area contributed by atoms with E-state index in [0.717, 1.165) is 23.1 Å². The average Bonchev–Trinajstić information content (AvgIpc) is 3.46. The van der Waals surface area contributed by atoms with Crippen molar-refractivity contribution in [1.82, 2.24) is 9.62 Å². The molecule has 9 nitrogen and oxygen atoms in total. The molecule has 41 heavy (non-hydrogen) atoms. The van der Waals surface area contributed by atoms with Crippen LogP contribution in [-0.4, -0.2) is 66.8 Å². The predicted molar refractivity (Wildman–Crippen MR) is 146 cm³/mol. The first-order valence-electron chi connectivity index (χ1n) is 13.1. The number of sulfonamides is 1. The second kappa shape index (κ2) is 10.7. The van der Waals surface area contributed by atoms with Crippen LogP contribution in [-0.2, 0) is 25.8 Å². The molecule has 2 fully saturated rings. The molecular formula is C28H29F3N4O5S. The van der Waals surface area contributed by atoms with Gasteiger partial charge in [0.2, 0.25) is 15.9 Å². The number of halogens is 3. The van der Waals surface area contributed by atoms with Crippen molar-refractivity contribution in [3.05, 3.63) is 70.1 Å². The molecule has 1 unspecified atom stereocenters. The number of alkyl halides is 3. The summed E-state index contributed by atoms with van der Waals surface area (Å²) in [5, 5.41) is 13.2. The minimum absolute atomic E-state index is 0.0109. The van der Waals surface area contributed by atoms with E-state index >= 15 is 0 Å². The quantitative estimate of drug-likeness (QED) is 0.536. The predicted octanol–water partition coefficient (Wildman–Crippen LogP) is 3.21.